The van der Waals surface area contributed by atoms with Crippen LogP contribution in [0.3, 0.4) is 0 Å². The van der Waals surface area contributed by atoms with Crippen molar-refractivity contribution in [2.75, 3.05) is 37.6 Å². The van der Waals surface area contributed by atoms with Gasteiger partial charge in [-0.05, 0) is 31.2 Å². The van der Waals surface area contributed by atoms with Gasteiger partial charge in [0.25, 0.3) is 5.91 Å². The number of carbonyl (C=O) groups is 3. The van der Waals surface area contributed by atoms with Crippen LogP contribution in [0.1, 0.15) is 22.3 Å². The fraction of sp³-hybridized carbons (Fsp3) is 0.348. The van der Waals surface area contributed by atoms with E-state index in [2.05, 4.69) is 0 Å². The molecule has 0 N–H and O–H groups in total. The molecule has 3 amide bonds. The first-order valence-electron chi connectivity index (χ1n) is 10.0. The Balaban J connectivity index is 1.35. The van der Waals surface area contributed by atoms with Crippen molar-refractivity contribution in [1.82, 2.24) is 9.80 Å². The molecular formula is C23H25N3O3. The topological polar surface area (TPSA) is 60.9 Å². The van der Waals surface area contributed by atoms with Gasteiger partial charge in [0.15, 0.2) is 0 Å². The number of carbonyl (C=O) groups excluding carboxylic acids is 3. The van der Waals surface area contributed by atoms with Gasteiger partial charge in [-0.3, -0.25) is 14.4 Å². The van der Waals surface area contributed by atoms with Crippen molar-refractivity contribution in [2.24, 2.45) is 5.92 Å². The van der Waals surface area contributed by atoms with Crippen LogP contribution in [-0.2, 0) is 9.59 Å². The van der Waals surface area contributed by atoms with Crippen molar-refractivity contribution in [2.45, 2.75) is 13.3 Å². The lowest BCUT2D eigenvalue weighted by Gasteiger charge is -2.36. The molecule has 0 saturated carbocycles. The predicted molar refractivity (Wildman–Crippen MR) is 111 cm³/mol. The van der Waals surface area contributed by atoms with Crippen LogP contribution in [0.25, 0.3) is 0 Å². The summed E-state index contributed by atoms with van der Waals surface area (Å²) in [6.07, 6.45) is 0.246. The quantitative estimate of drug-likeness (QED) is 0.807. The molecule has 0 radical (unpaired) electrons. The van der Waals surface area contributed by atoms with Gasteiger partial charge in [-0.25, -0.2) is 0 Å². The maximum atomic E-state index is 13.0. The molecule has 6 heteroatoms. The molecule has 2 aliphatic heterocycles. The summed E-state index contributed by atoms with van der Waals surface area (Å²) >= 11 is 0. The van der Waals surface area contributed by atoms with E-state index < -0.39 is 0 Å². The smallest absolute Gasteiger partial charge is 0.253 e. The Hall–Kier alpha value is -3.15. The molecule has 6 nitrogen and oxygen atoms in total. The molecule has 2 heterocycles. The van der Waals surface area contributed by atoms with Crippen molar-refractivity contribution in [1.29, 1.82) is 0 Å². The Morgan fingerprint density at radius 2 is 1.59 bits per heavy atom. The van der Waals surface area contributed by atoms with E-state index in [1.54, 1.807) is 14.7 Å². The van der Waals surface area contributed by atoms with Crippen LogP contribution in [0.2, 0.25) is 0 Å². The summed E-state index contributed by atoms with van der Waals surface area (Å²) in [5.74, 6) is -0.309. The first-order valence-corrected chi connectivity index (χ1v) is 10.0. The van der Waals surface area contributed by atoms with Crippen LogP contribution in [0.15, 0.2) is 54.6 Å². The summed E-state index contributed by atoms with van der Waals surface area (Å²) in [4.78, 5) is 43.3. The van der Waals surface area contributed by atoms with Crippen LogP contribution in [0.5, 0.6) is 0 Å². The molecule has 150 valence electrons. The molecule has 0 aliphatic carbocycles. The molecule has 2 aromatic rings. The van der Waals surface area contributed by atoms with Crippen molar-refractivity contribution in [3.63, 3.8) is 0 Å². The average molecular weight is 391 g/mol. The fourth-order valence-corrected chi connectivity index (χ4v) is 4.08. The van der Waals surface area contributed by atoms with Crippen LogP contribution in [-0.4, -0.2) is 60.2 Å². The number of aryl methyl sites for hydroxylation is 1. The number of anilines is 1. The maximum Gasteiger partial charge on any atom is 0.253 e. The van der Waals surface area contributed by atoms with Crippen molar-refractivity contribution in [3.05, 3.63) is 65.7 Å². The summed E-state index contributed by atoms with van der Waals surface area (Å²) < 4.78 is 0. The predicted octanol–water partition coefficient (Wildman–Crippen LogP) is 2.33. The van der Waals surface area contributed by atoms with Gasteiger partial charge in [0.05, 0.1) is 5.92 Å². The van der Waals surface area contributed by atoms with Crippen molar-refractivity contribution < 1.29 is 14.4 Å². The molecule has 2 aromatic carbocycles. The number of nitrogens with zero attached hydrogens (tertiary/aromatic N) is 3. The van der Waals surface area contributed by atoms with Gasteiger partial charge in [-0.1, -0.05) is 35.9 Å². The Kier molecular flexibility index (Phi) is 5.34. The van der Waals surface area contributed by atoms with Crippen LogP contribution in [0.4, 0.5) is 5.69 Å². The average Bonchev–Trinajstić information content (AvgIpc) is 3.15. The van der Waals surface area contributed by atoms with E-state index in [1.165, 1.54) is 0 Å². The lowest BCUT2D eigenvalue weighted by Crippen LogP contribution is -2.52. The second kappa shape index (κ2) is 8.07. The van der Waals surface area contributed by atoms with Gasteiger partial charge in [0.1, 0.15) is 0 Å². The Morgan fingerprint density at radius 3 is 2.28 bits per heavy atom. The van der Waals surface area contributed by atoms with E-state index in [-0.39, 0.29) is 30.1 Å². The Morgan fingerprint density at radius 1 is 0.897 bits per heavy atom. The van der Waals surface area contributed by atoms with E-state index in [0.717, 1.165) is 11.3 Å². The summed E-state index contributed by atoms with van der Waals surface area (Å²) in [6.45, 7) is 4.43. The lowest BCUT2D eigenvalue weighted by molar-refractivity contribution is -0.137. The number of piperazine rings is 1. The molecule has 2 aliphatic rings. The van der Waals surface area contributed by atoms with E-state index in [1.807, 2.05) is 61.5 Å². The number of benzene rings is 2. The second-order valence-electron chi connectivity index (χ2n) is 7.73. The Bertz CT molecular complexity index is 920. The number of rotatable bonds is 3. The first-order chi connectivity index (χ1) is 14.0. The SMILES string of the molecule is Cc1cccc(C(=O)N2CCN(C(=O)C3CC(=O)N(c4ccccc4)C3)CC2)c1. The normalized spacial score (nSPS) is 19.6. The second-order valence-corrected chi connectivity index (χ2v) is 7.73. The van der Waals surface area contributed by atoms with Crippen molar-refractivity contribution >= 4 is 23.4 Å². The van der Waals surface area contributed by atoms with E-state index >= 15 is 0 Å². The van der Waals surface area contributed by atoms with E-state index in [0.29, 0.717) is 38.3 Å². The number of amides is 3. The van der Waals surface area contributed by atoms with Gasteiger partial charge in [0.2, 0.25) is 11.8 Å². The van der Waals surface area contributed by atoms with Crippen LogP contribution < -0.4 is 4.90 Å². The molecule has 4 rings (SSSR count). The minimum Gasteiger partial charge on any atom is -0.339 e. The molecule has 0 aromatic heterocycles. The molecule has 2 saturated heterocycles. The highest BCUT2D eigenvalue weighted by atomic mass is 16.2. The number of hydrogen-bond donors (Lipinski definition) is 0. The molecule has 1 unspecified atom stereocenters. The van der Waals surface area contributed by atoms with Crippen LogP contribution in [0, 0.1) is 12.8 Å². The number of para-hydroxylation sites is 1. The Labute approximate surface area is 170 Å². The van der Waals surface area contributed by atoms with Crippen LogP contribution >= 0.6 is 0 Å². The molecule has 0 bridgehead atoms. The van der Waals surface area contributed by atoms with Crippen molar-refractivity contribution in [3.8, 4) is 0 Å². The highest BCUT2D eigenvalue weighted by Gasteiger charge is 2.38. The lowest BCUT2D eigenvalue weighted by atomic mass is 10.1. The largest absolute Gasteiger partial charge is 0.339 e. The number of hydrogen-bond acceptors (Lipinski definition) is 3. The first kappa shape index (κ1) is 19.2. The third-order valence-corrected chi connectivity index (χ3v) is 5.69. The van der Waals surface area contributed by atoms with Gasteiger partial charge in [-0.2, -0.15) is 0 Å². The molecule has 2 fully saturated rings. The zero-order valence-corrected chi connectivity index (χ0v) is 16.6. The third kappa shape index (κ3) is 4.01. The fourth-order valence-electron chi connectivity index (χ4n) is 4.08. The zero-order chi connectivity index (χ0) is 20.4. The maximum absolute atomic E-state index is 13.0. The summed E-state index contributed by atoms with van der Waals surface area (Å²) in [7, 11) is 0. The van der Waals surface area contributed by atoms with Gasteiger partial charge < -0.3 is 14.7 Å². The third-order valence-electron chi connectivity index (χ3n) is 5.69. The monoisotopic (exact) mass is 391 g/mol. The molecule has 1 atom stereocenters. The van der Waals surface area contributed by atoms with E-state index in [9.17, 15) is 14.4 Å². The summed E-state index contributed by atoms with van der Waals surface area (Å²) in [5, 5.41) is 0. The molecule has 0 spiro atoms. The minimum absolute atomic E-state index is 0.00657. The highest BCUT2D eigenvalue weighted by molar-refractivity contribution is 6.00. The van der Waals surface area contributed by atoms with Gasteiger partial charge in [-0.15, -0.1) is 0 Å². The molecular weight excluding hydrogens is 366 g/mol. The standard InChI is InChI=1S/C23H25N3O3/c1-17-6-5-7-18(14-17)22(28)24-10-12-25(13-11-24)23(29)19-15-21(27)26(16-19)20-8-3-2-4-9-20/h2-9,14,19H,10-13,15-16H2,1H3. The zero-order valence-electron chi connectivity index (χ0n) is 16.6. The van der Waals surface area contributed by atoms with E-state index in [4.69, 9.17) is 0 Å². The van der Waals surface area contributed by atoms with Gasteiger partial charge >= 0.3 is 0 Å². The van der Waals surface area contributed by atoms with Gasteiger partial charge in [0, 0.05) is 50.4 Å². The minimum atomic E-state index is -0.318. The molecule has 29 heavy (non-hydrogen) atoms. The summed E-state index contributed by atoms with van der Waals surface area (Å²) in [6, 6.07) is 17.0. The summed E-state index contributed by atoms with van der Waals surface area (Å²) in [5.41, 5.74) is 2.57. The highest BCUT2D eigenvalue weighted by Crippen LogP contribution is 2.26.